The van der Waals surface area contributed by atoms with Gasteiger partial charge in [-0.1, -0.05) is 31.1 Å². The smallest absolute Gasteiger partial charge is 0.231 e. The highest BCUT2D eigenvalue weighted by atomic mass is 19.1. The van der Waals surface area contributed by atoms with Crippen LogP contribution in [0.1, 0.15) is 37.2 Å². The van der Waals surface area contributed by atoms with Gasteiger partial charge >= 0.3 is 0 Å². The molecule has 0 aliphatic rings. The van der Waals surface area contributed by atoms with Crippen molar-refractivity contribution >= 4 is 0 Å². The van der Waals surface area contributed by atoms with Crippen molar-refractivity contribution in [2.45, 2.75) is 26.3 Å². The third-order valence-electron chi connectivity index (χ3n) is 3.41. The maximum Gasteiger partial charge on any atom is 0.231 e. The molecule has 6 heteroatoms. The van der Waals surface area contributed by atoms with Gasteiger partial charge in [-0.05, 0) is 30.8 Å². The van der Waals surface area contributed by atoms with Crippen molar-refractivity contribution in [2.75, 3.05) is 19.6 Å². The van der Waals surface area contributed by atoms with Gasteiger partial charge in [-0.3, -0.25) is 0 Å². The molecule has 0 spiro atoms. The number of nitrogens with two attached hydrogens (primary N) is 1. The van der Waals surface area contributed by atoms with Gasteiger partial charge in [0.15, 0.2) is 5.82 Å². The first-order chi connectivity index (χ1) is 10.1. The topological polar surface area (TPSA) is 68.2 Å². The van der Waals surface area contributed by atoms with Crippen LogP contribution in [-0.2, 0) is 6.42 Å². The molecule has 1 aromatic carbocycles. The molecule has 2 rings (SSSR count). The molecule has 2 aromatic rings. The Bertz CT molecular complexity index is 568. The quantitative estimate of drug-likeness (QED) is 0.846. The number of benzene rings is 1. The van der Waals surface area contributed by atoms with E-state index in [0.717, 1.165) is 18.7 Å². The largest absolute Gasteiger partial charge is 0.339 e. The molecule has 0 aliphatic carbocycles. The summed E-state index contributed by atoms with van der Waals surface area (Å²) in [7, 11) is 0. The van der Waals surface area contributed by atoms with Crippen molar-refractivity contribution in [1.29, 1.82) is 0 Å². The molecule has 1 aromatic heterocycles. The lowest BCUT2D eigenvalue weighted by molar-refractivity contribution is 0.277. The first-order valence-corrected chi connectivity index (χ1v) is 7.17. The Morgan fingerprint density at radius 1 is 1.33 bits per heavy atom. The van der Waals surface area contributed by atoms with Gasteiger partial charge in [0.25, 0.3) is 0 Å². The summed E-state index contributed by atoms with van der Waals surface area (Å²) in [4.78, 5) is 6.51. The van der Waals surface area contributed by atoms with E-state index in [1.165, 1.54) is 12.1 Å². The first kappa shape index (κ1) is 15.6. The SMILES string of the molecule is CCN(CC)CC(N)c1noc(Cc2cccc(F)c2)n1. The van der Waals surface area contributed by atoms with Crippen molar-refractivity contribution < 1.29 is 8.91 Å². The molecule has 0 fully saturated rings. The van der Waals surface area contributed by atoms with Crippen LogP contribution in [0.5, 0.6) is 0 Å². The van der Waals surface area contributed by atoms with E-state index in [1.807, 2.05) is 6.07 Å². The molecule has 114 valence electrons. The lowest BCUT2D eigenvalue weighted by Crippen LogP contribution is -2.32. The van der Waals surface area contributed by atoms with Crippen LogP contribution >= 0.6 is 0 Å². The summed E-state index contributed by atoms with van der Waals surface area (Å²) in [6, 6.07) is 6.06. The number of rotatable bonds is 7. The molecule has 0 aliphatic heterocycles. The molecule has 0 bridgehead atoms. The molecule has 0 saturated heterocycles. The fraction of sp³-hybridized carbons (Fsp3) is 0.467. The van der Waals surface area contributed by atoms with Gasteiger partial charge in [0, 0.05) is 6.54 Å². The summed E-state index contributed by atoms with van der Waals surface area (Å²) >= 11 is 0. The molecule has 0 amide bonds. The van der Waals surface area contributed by atoms with E-state index < -0.39 is 0 Å². The van der Waals surface area contributed by atoms with E-state index in [1.54, 1.807) is 6.07 Å². The van der Waals surface area contributed by atoms with Crippen molar-refractivity contribution in [3.8, 4) is 0 Å². The third-order valence-corrected chi connectivity index (χ3v) is 3.41. The lowest BCUT2D eigenvalue weighted by atomic mass is 10.1. The lowest BCUT2D eigenvalue weighted by Gasteiger charge is -2.20. The molecule has 1 heterocycles. The molecule has 0 radical (unpaired) electrons. The molecule has 5 nitrogen and oxygen atoms in total. The van der Waals surface area contributed by atoms with Gasteiger partial charge in [-0.25, -0.2) is 4.39 Å². The number of likely N-dealkylation sites (N-methyl/N-ethyl adjacent to an activating group) is 1. The van der Waals surface area contributed by atoms with Gasteiger partial charge in [-0.2, -0.15) is 4.98 Å². The summed E-state index contributed by atoms with van der Waals surface area (Å²) in [5.41, 5.74) is 6.89. The van der Waals surface area contributed by atoms with Gasteiger partial charge < -0.3 is 15.2 Å². The Kier molecular flexibility index (Phi) is 5.41. The monoisotopic (exact) mass is 292 g/mol. The Labute approximate surface area is 123 Å². The minimum atomic E-state index is -0.282. The van der Waals surface area contributed by atoms with Crippen LogP contribution in [0.4, 0.5) is 4.39 Å². The highest BCUT2D eigenvalue weighted by Crippen LogP contribution is 2.12. The summed E-state index contributed by atoms with van der Waals surface area (Å²) in [5, 5.41) is 3.92. The second kappa shape index (κ2) is 7.28. The van der Waals surface area contributed by atoms with Crippen LogP contribution in [0.25, 0.3) is 0 Å². The summed E-state index contributed by atoms with van der Waals surface area (Å²) in [6.07, 6.45) is 0.406. The molecule has 1 atom stereocenters. The fourth-order valence-electron chi connectivity index (χ4n) is 2.15. The second-order valence-electron chi connectivity index (χ2n) is 4.95. The van der Waals surface area contributed by atoms with Crippen LogP contribution in [0.3, 0.4) is 0 Å². The fourth-order valence-corrected chi connectivity index (χ4v) is 2.15. The van der Waals surface area contributed by atoms with E-state index in [9.17, 15) is 4.39 Å². The maximum atomic E-state index is 13.1. The van der Waals surface area contributed by atoms with Gasteiger partial charge in [-0.15, -0.1) is 0 Å². The Morgan fingerprint density at radius 3 is 2.76 bits per heavy atom. The van der Waals surface area contributed by atoms with E-state index in [0.29, 0.717) is 24.7 Å². The van der Waals surface area contributed by atoms with Crippen molar-refractivity contribution in [2.24, 2.45) is 5.73 Å². The summed E-state index contributed by atoms with van der Waals surface area (Å²) in [6.45, 7) is 6.71. The van der Waals surface area contributed by atoms with E-state index in [4.69, 9.17) is 10.3 Å². The van der Waals surface area contributed by atoms with Crippen molar-refractivity contribution in [3.05, 3.63) is 47.4 Å². The highest BCUT2D eigenvalue weighted by molar-refractivity contribution is 5.19. The van der Waals surface area contributed by atoms with E-state index in [-0.39, 0.29) is 11.9 Å². The average molecular weight is 292 g/mol. The first-order valence-electron chi connectivity index (χ1n) is 7.17. The summed E-state index contributed by atoms with van der Waals surface area (Å²) < 4.78 is 18.3. The van der Waals surface area contributed by atoms with E-state index in [2.05, 4.69) is 28.9 Å². The van der Waals surface area contributed by atoms with Crippen molar-refractivity contribution in [1.82, 2.24) is 15.0 Å². The van der Waals surface area contributed by atoms with Crippen LogP contribution in [0, 0.1) is 5.82 Å². The predicted octanol–water partition coefficient (Wildman–Crippen LogP) is 2.14. The van der Waals surface area contributed by atoms with Crippen molar-refractivity contribution in [3.63, 3.8) is 0 Å². The highest BCUT2D eigenvalue weighted by Gasteiger charge is 2.16. The van der Waals surface area contributed by atoms with Gasteiger partial charge in [0.1, 0.15) is 5.82 Å². The van der Waals surface area contributed by atoms with Crippen LogP contribution in [0.15, 0.2) is 28.8 Å². The number of hydrogen-bond acceptors (Lipinski definition) is 5. The zero-order valence-corrected chi connectivity index (χ0v) is 12.4. The number of halogens is 1. The second-order valence-corrected chi connectivity index (χ2v) is 4.95. The normalized spacial score (nSPS) is 12.8. The molecule has 21 heavy (non-hydrogen) atoms. The Balaban J connectivity index is 2.00. The molecule has 1 unspecified atom stereocenters. The van der Waals surface area contributed by atoms with E-state index >= 15 is 0 Å². The minimum absolute atomic E-state index is 0.273. The zero-order chi connectivity index (χ0) is 15.2. The molecular weight excluding hydrogens is 271 g/mol. The number of aromatic nitrogens is 2. The van der Waals surface area contributed by atoms with Gasteiger partial charge in [0.2, 0.25) is 5.89 Å². The Hall–Kier alpha value is -1.79. The zero-order valence-electron chi connectivity index (χ0n) is 12.4. The third kappa shape index (κ3) is 4.34. The molecule has 2 N–H and O–H groups in total. The molecule has 0 saturated carbocycles. The predicted molar refractivity (Wildman–Crippen MR) is 78.2 cm³/mol. The maximum absolute atomic E-state index is 13.1. The van der Waals surface area contributed by atoms with Crippen LogP contribution < -0.4 is 5.73 Å². The Morgan fingerprint density at radius 2 is 2.10 bits per heavy atom. The average Bonchev–Trinajstić information content (AvgIpc) is 2.93. The number of nitrogens with zero attached hydrogens (tertiary/aromatic N) is 3. The standard InChI is InChI=1S/C15H21FN4O/c1-3-20(4-2)10-13(17)15-18-14(21-19-15)9-11-6-5-7-12(16)8-11/h5-8,13H,3-4,9-10,17H2,1-2H3. The van der Waals surface area contributed by atoms with Gasteiger partial charge in [0.05, 0.1) is 12.5 Å². The van der Waals surface area contributed by atoms with Crippen LogP contribution in [-0.4, -0.2) is 34.7 Å². The molecular formula is C15H21FN4O. The number of hydrogen-bond donors (Lipinski definition) is 1. The minimum Gasteiger partial charge on any atom is -0.339 e. The summed E-state index contributed by atoms with van der Waals surface area (Å²) in [5.74, 6) is 0.671. The van der Waals surface area contributed by atoms with Crippen LogP contribution in [0.2, 0.25) is 0 Å².